The van der Waals surface area contributed by atoms with Gasteiger partial charge in [-0.3, -0.25) is 0 Å². The van der Waals surface area contributed by atoms with Crippen LogP contribution >= 0.6 is 0 Å². The van der Waals surface area contributed by atoms with Gasteiger partial charge in [-0.2, -0.15) is 0 Å². The van der Waals surface area contributed by atoms with Gasteiger partial charge in [-0.05, 0) is 33.9 Å². The summed E-state index contributed by atoms with van der Waals surface area (Å²) < 4.78 is 5.20. The first-order valence-electron chi connectivity index (χ1n) is 7.62. The third-order valence-corrected chi connectivity index (χ3v) is 2.42. The van der Waals surface area contributed by atoms with Crippen LogP contribution in [0.3, 0.4) is 0 Å². The fraction of sp³-hybridized carbons (Fsp3) is 1.00. The Morgan fingerprint density at radius 3 is 1.75 bits per heavy atom. The van der Waals surface area contributed by atoms with Crippen LogP contribution in [0.4, 0.5) is 0 Å². The van der Waals surface area contributed by atoms with E-state index < -0.39 is 6.29 Å². The smallest absolute Gasteiger partial charge is 0.156 e. The van der Waals surface area contributed by atoms with E-state index >= 15 is 0 Å². The fourth-order valence-corrected chi connectivity index (χ4v) is 1.51. The van der Waals surface area contributed by atoms with Crippen molar-refractivity contribution < 1.29 is 20.4 Å². The number of nitrogens with zero attached hydrogens (tertiary/aromatic N) is 1. The third kappa shape index (κ3) is 17.8. The molecule has 1 saturated heterocycles. The lowest BCUT2D eigenvalue weighted by Gasteiger charge is -2.34. The van der Waals surface area contributed by atoms with Crippen molar-refractivity contribution in [2.24, 2.45) is 0 Å². The maximum Gasteiger partial charge on any atom is 0.156 e. The van der Waals surface area contributed by atoms with E-state index in [4.69, 9.17) is 9.84 Å². The second kappa shape index (κ2) is 21.1. The summed E-state index contributed by atoms with van der Waals surface area (Å²) in [7, 11) is 4.07. The topological polar surface area (TPSA) is 84.4 Å². The second-order valence-corrected chi connectivity index (χ2v) is 4.21. The third-order valence-electron chi connectivity index (χ3n) is 2.42. The summed E-state index contributed by atoms with van der Waals surface area (Å²) in [5.41, 5.74) is 0. The molecule has 0 radical (unpaired) electrons. The molecule has 20 heavy (non-hydrogen) atoms. The highest BCUT2D eigenvalue weighted by Gasteiger charge is 2.26. The maximum absolute atomic E-state index is 9.25. The van der Waals surface area contributed by atoms with Crippen molar-refractivity contribution in [1.29, 1.82) is 0 Å². The Balaban J connectivity index is -0.000000122. The summed E-state index contributed by atoms with van der Waals surface area (Å²) in [6.45, 7) is 12.2. The minimum Gasteiger partial charge on any atom is -0.412 e. The SMILES string of the molecule is CC.CC.CC1CC(N(C)C)CC(O)O1.CCCO.O. The lowest BCUT2D eigenvalue weighted by molar-refractivity contribution is -0.172. The molecule has 5 nitrogen and oxygen atoms in total. The van der Waals surface area contributed by atoms with E-state index in [0.717, 1.165) is 19.3 Å². The number of aliphatic hydroxyl groups excluding tert-OH is 2. The first-order chi connectivity index (χ1) is 9.01. The molecule has 3 unspecified atom stereocenters. The van der Waals surface area contributed by atoms with Crippen molar-refractivity contribution in [1.82, 2.24) is 4.90 Å². The van der Waals surface area contributed by atoms with E-state index in [-0.39, 0.29) is 11.6 Å². The van der Waals surface area contributed by atoms with Gasteiger partial charge in [0.1, 0.15) is 0 Å². The van der Waals surface area contributed by atoms with Crippen molar-refractivity contribution in [3.63, 3.8) is 0 Å². The summed E-state index contributed by atoms with van der Waals surface area (Å²) in [4.78, 5) is 2.14. The lowest BCUT2D eigenvalue weighted by Crippen LogP contribution is -2.41. The van der Waals surface area contributed by atoms with E-state index in [1.165, 1.54) is 0 Å². The van der Waals surface area contributed by atoms with Crippen molar-refractivity contribution in [2.75, 3.05) is 20.7 Å². The Kier molecular flexibility index (Phi) is 29.6. The number of ether oxygens (including phenoxy) is 1. The highest BCUT2D eigenvalue weighted by molar-refractivity contribution is 4.75. The monoisotopic (exact) mass is 297 g/mol. The number of hydrogen-bond acceptors (Lipinski definition) is 4. The normalized spacial score (nSPS) is 23.9. The van der Waals surface area contributed by atoms with Crippen molar-refractivity contribution in [3.8, 4) is 0 Å². The molecule has 3 atom stereocenters. The van der Waals surface area contributed by atoms with Crippen molar-refractivity contribution in [2.45, 2.75) is 79.2 Å². The van der Waals surface area contributed by atoms with Gasteiger partial charge in [-0.15, -0.1) is 0 Å². The van der Waals surface area contributed by atoms with E-state index in [1.807, 2.05) is 55.6 Å². The summed E-state index contributed by atoms with van der Waals surface area (Å²) in [6.07, 6.45) is 2.25. The predicted octanol–water partition coefficient (Wildman–Crippen LogP) is 2.05. The largest absolute Gasteiger partial charge is 0.412 e. The molecule has 1 rings (SSSR count). The van der Waals surface area contributed by atoms with Crippen molar-refractivity contribution in [3.05, 3.63) is 0 Å². The van der Waals surface area contributed by atoms with Gasteiger partial charge in [0.25, 0.3) is 0 Å². The Bertz CT molecular complexity index is 145. The van der Waals surface area contributed by atoms with E-state index in [0.29, 0.717) is 12.6 Å². The van der Waals surface area contributed by atoms with Crippen LogP contribution in [-0.2, 0) is 4.74 Å². The molecule has 1 aliphatic rings. The predicted molar refractivity (Wildman–Crippen MR) is 86.9 cm³/mol. The van der Waals surface area contributed by atoms with Gasteiger partial charge >= 0.3 is 0 Å². The Hall–Kier alpha value is -0.200. The van der Waals surface area contributed by atoms with E-state index in [9.17, 15) is 5.11 Å². The van der Waals surface area contributed by atoms with Crippen LogP contribution in [0.15, 0.2) is 0 Å². The summed E-state index contributed by atoms with van der Waals surface area (Å²) in [5, 5.41) is 17.1. The van der Waals surface area contributed by atoms with Crippen LogP contribution in [0.2, 0.25) is 0 Å². The molecule has 4 N–H and O–H groups in total. The average molecular weight is 297 g/mol. The van der Waals surface area contributed by atoms with Crippen LogP contribution in [-0.4, -0.2) is 59.7 Å². The van der Waals surface area contributed by atoms with Gasteiger partial charge in [0.15, 0.2) is 6.29 Å². The molecular weight excluding hydrogens is 258 g/mol. The quantitative estimate of drug-likeness (QED) is 0.817. The average Bonchev–Trinajstić information content (AvgIpc) is 2.42. The van der Waals surface area contributed by atoms with Gasteiger partial charge in [0.05, 0.1) is 6.10 Å². The lowest BCUT2D eigenvalue weighted by atomic mass is 10.0. The van der Waals surface area contributed by atoms with Gasteiger partial charge in [0, 0.05) is 19.1 Å². The highest BCUT2D eigenvalue weighted by Crippen LogP contribution is 2.20. The molecule has 0 bridgehead atoms. The van der Waals surface area contributed by atoms with E-state index in [2.05, 4.69) is 4.90 Å². The molecule has 0 amide bonds. The first-order valence-corrected chi connectivity index (χ1v) is 7.62. The zero-order valence-corrected chi connectivity index (χ0v) is 14.8. The van der Waals surface area contributed by atoms with Crippen LogP contribution in [0.1, 0.15) is 60.8 Å². The molecule has 1 aliphatic heterocycles. The van der Waals surface area contributed by atoms with Gasteiger partial charge in [-0.1, -0.05) is 34.6 Å². The van der Waals surface area contributed by atoms with Gasteiger partial charge in [-0.25, -0.2) is 0 Å². The van der Waals surface area contributed by atoms with E-state index in [1.54, 1.807) is 0 Å². The molecule has 5 heteroatoms. The molecule has 0 spiro atoms. The first kappa shape index (κ1) is 28.0. The molecular formula is C15H39NO4. The molecule has 128 valence electrons. The molecule has 0 saturated carbocycles. The minimum absolute atomic E-state index is 0. The van der Waals surface area contributed by atoms with Crippen molar-refractivity contribution >= 4 is 0 Å². The van der Waals surface area contributed by atoms with Crippen LogP contribution in [0, 0.1) is 0 Å². The number of rotatable bonds is 2. The fourth-order valence-electron chi connectivity index (χ4n) is 1.51. The van der Waals surface area contributed by atoms with Crippen LogP contribution in [0.5, 0.6) is 0 Å². The second-order valence-electron chi connectivity index (χ2n) is 4.21. The molecule has 0 aromatic carbocycles. The Morgan fingerprint density at radius 1 is 1.10 bits per heavy atom. The molecule has 0 aliphatic carbocycles. The highest BCUT2D eigenvalue weighted by atomic mass is 16.6. The molecule has 1 fully saturated rings. The summed E-state index contributed by atoms with van der Waals surface area (Å²) in [6, 6.07) is 0.466. The minimum atomic E-state index is -0.564. The molecule has 0 aromatic heterocycles. The van der Waals surface area contributed by atoms with Crippen LogP contribution in [0.25, 0.3) is 0 Å². The molecule has 0 aromatic rings. The zero-order chi connectivity index (χ0) is 15.8. The number of hydrogen-bond donors (Lipinski definition) is 2. The Morgan fingerprint density at radius 2 is 1.50 bits per heavy atom. The summed E-state index contributed by atoms with van der Waals surface area (Å²) in [5.74, 6) is 0. The van der Waals surface area contributed by atoms with Gasteiger partial charge in [0.2, 0.25) is 0 Å². The van der Waals surface area contributed by atoms with Crippen LogP contribution < -0.4 is 0 Å². The standard InChI is InChI=1S/C8H17NO2.C3H8O.2C2H6.H2O/c1-6-4-7(9(2)3)5-8(10)11-6;1-2-3-4;2*1-2;/h6-8,10H,4-5H2,1-3H3;4H,2-3H2,1H3;2*1-2H3;1H2. The maximum atomic E-state index is 9.25. The Labute approximate surface area is 126 Å². The number of aliphatic hydroxyl groups is 2. The zero-order valence-electron chi connectivity index (χ0n) is 14.8. The summed E-state index contributed by atoms with van der Waals surface area (Å²) >= 11 is 0. The van der Waals surface area contributed by atoms with Gasteiger partial charge < -0.3 is 25.3 Å². The molecule has 1 heterocycles.